The first-order valence-electron chi connectivity index (χ1n) is 9.88. The minimum absolute atomic E-state index is 0.0899. The number of carbonyl (C=O) groups is 2. The summed E-state index contributed by atoms with van der Waals surface area (Å²) in [4.78, 5) is 30.4. The molecule has 8 heteroatoms. The first-order chi connectivity index (χ1) is 13.7. The highest BCUT2D eigenvalue weighted by molar-refractivity contribution is 7.17. The number of nitrogens with one attached hydrogen (secondary N) is 2. The van der Waals surface area contributed by atoms with E-state index in [1.165, 1.54) is 0 Å². The van der Waals surface area contributed by atoms with E-state index < -0.39 is 5.54 Å². The van der Waals surface area contributed by atoms with Gasteiger partial charge in [0, 0.05) is 26.3 Å². The molecule has 156 valence electrons. The van der Waals surface area contributed by atoms with Crippen molar-refractivity contribution >= 4 is 33.4 Å². The summed E-state index contributed by atoms with van der Waals surface area (Å²) in [7, 11) is 1.75. The number of amides is 2. The van der Waals surface area contributed by atoms with Gasteiger partial charge in [-0.15, -0.1) is 11.3 Å². The first kappa shape index (κ1) is 21.1. The molecular weight excluding hydrogens is 386 g/mol. The van der Waals surface area contributed by atoms with Crippen molar-refractivity contribution in [1.82, 2.24) is 25.0 Å². The third-order valence-corrected chi connectivity index (χ3v) is 5.70. The van der Waals surface area contributed by atoms with E-state index in [0.717, 1.165) is 35.3 Å². The van der Waals surface area contributed by atoms with Gasteiger partial charge in [0.2, 0.25) is 0 Å². The maximum atomic E-state index is 12.9. The number of hydrogen-bond donors (Lipinski definition) is 2. The molecule has 7 nitrogen and oxygen atoms in total. The number of likely N-dealkylation sites (N-methyl/N-ethyl adjacent to an activating group) is 1. The molecule has 3 heterocycles. The van der Waals surface area contributed by atoms with Crippen LogP contribution in [0.3, 0.4) is 0 Å². The highest BCUT2D eigenvalue weighted by atomic mass is 32.1. The van der Waals surface area contributed by atoms with Gasteiger partial charge < -0.3 is 15.2 Å². The van der Waals surface area contributed by atoms with Crippen LogP contribution in [0.4, 0.5) is 0 Å². The number of aromatic nitrogens is 3. The van der Waals surface area contributed by atoms with Crippen molar-refractivity contribution in [3.05, 3.63) is 40.7 Å². The lowest BCUT2D eigenvalue weighted by molar-refractivity contribution is 0.0729. The van der Waals surface area contributed by atoms with E-state index >= 15 is 0 Å². The topological polar surface area (TPSA) is 83.0 Å². The number of H-pyrrole nitrogens is 1. The molecule has 29 heavy (non-hydrogen) atoms. The SMILES string of the molecule is CCCCn1cc(C(=O)N(C)CC(C)(C)NC(=O)c2cc3sccc3[nH]2)c(C)n1. The fourth-order valence-electron chi connectivity index (χ4n) is 3.42. The van der Waals surface area contributed by atoms with Gasteiger partial charge in [0.25, 0.3) is 11.8 Å². The molecule has 0 aliphatic rings. The van der Waals surface area contributed by atoms with Crippen molar-refractivity contribution < 1.29 is 9.59 Å². The molecule has 3 rings (SSSR count). The van der Waals surface area contributed by atoms with E-state index in [4.69, 9.17) is 0 Å². The van der Waals surface area contributed by atoms with Crippen LogP contribution in [0.2, 0.25) is 0 Å². The predicted molar refractivity (Wildman–Crippen MR) is 117 cm³/mol. The van der Waals surface area contributed by atoms with Gasteiger partial charge >= 0.3 is 0 Å². The van der Waals surface area contributed by atoms with Crippen molar-refractivity contribution in [3.8, 4) is 0 Å². The highest BCUT2D eigenvalue weighted by Crippen LogP contribution is 2.21. The van der Waals surface area contributed by atoms with Gasteiger partial charge in [-0.3, -0.25) is 14.3 Å². The van der Waals surface area contributed by atoms with Crippen LogP contribution in [-0.4, -0.2) is 50.6 Å². The van der Waals surface area contributed by atoms with Crippen molar-refractivity contribution in [2.45, 2.75) is 52.6 Å². The Morgan fingerprint density at radius 1 is 1.38 bits per heavy atom. The normalized spacial score (nSPS) is 11.8. The molecule has 0 saturated carbocycles. The Balaban J connectivity index is 1.64. The van der Waals surface area contributed by atoms with Gasteiger partial charge in [-0.1, -0.05) is 13.3 Å². The largest absolute Gasteiger partial charge is 0.350 e. The number of rotatable bonds is 8. The average Bonchev–Trinajstić information content (AvgIpc) is 3.32. The van der Waals surface area contributed by atoms with E-state index in [1.54, 1.807) is 23.3 Å². The number of aromatic amines is 1. The van der Waals surface area contributed by atoms with Crippen LogP contribution >= 0.6 is 11.3 Å². The summed E-state index contributed by atoms with van der Waals surface area (Å²) in [5.41, 5.74) is 2.23. The Hall–Kier alpha value is -2.61. The molecule has 0 bridgehead atoms. The molecule has 2 amide bonds. The van der Waals surface area contributed by atoms with E-state index in [-0.39, 0.29) is 11.8 Å². The van der Waals surface area contributed by atoms with Gasteiger partial charge in [-0.2, -0.15) is 5.10 Å². The summed E-state index contributed by atoms with van der Waals surface area (Å²) in [5, 5.41) is 9.46. The Bertz CT molecular complexity index is 985. The van der Waals surface area contributed by atoms with Crippen molar-refractivity contribution in [2.24, 2.45) is 0 Å². The minimum Gasteiger partial charge on any atom is -0.350 e. The molecule has 0 spiro atoms. The molecule has 0 aliphatic heterocycles. The number of hydrogen-bond acceptors (Lipinski definition) is 4. The second kappa shape index (κ2) is 8.41. The van der Waals surface area contributed by atoms with Crippen molar-refractivity contribution in [3.63, 3.8) is 0 Å². The summed E-state index contributed by atoms with van der Waals surface area (Å²) in [5.74, 6) is -0.268. The van der Waals surface area contributed by atoms with E-state index in [9.17, 15) is 9.59 Å². The maximum Gasteiger partial charge on any atom is 0.268 e. The van der Waals surface area contributed by atoms with Gasteiger partial charge in [0.15, 0.2) is 0 Å². The second-order valence-corrected chi connectivity index (χ2v) is 9.07. The third kappa shape index (κ3) is 4.87. The lowest BCUT2D eigenvalue weighted by atomic mass is 10.0. The second-order valence-electron chi connectivity index (χ2n) is 8.13. The lowest BCUT2D eigenvalue weighted by Crippen LogP contribution is -2.52. The standard InChI is InChI=1S/C21H29N5O2S/c1-6-7-9-26-12-15(14(2)24-26)20(28)25(5)13-21(3,4)23-19(27)17-11-18-16(22-17)8-10-29-18/h8,10-12,22H,6-7,9,13H2,1-5H3,(H,23,27). The molecule has 0 radical (unpaired) electrons. The van der Waals surface area contributed by atoms with E-state index in [0.29, 0.717) is 17.8 Å². The Kier molecular flexibility index (Phi) is 6.12. The lowest BCUT2D eigenvalue weighted by Gasteiger charge is -2.31. The third-order valence-electron chi connectivity index (χ3n) is 4.83. The molecule has 3 aromatic rings. The van der Waals surface area contributed by atoms with Crippen LogP contribution in [0.5, 0.6) is 0 Å². The number of thiophene rings is 1. The fourth-order valence-corrected chi connectivity index (χ4v) is 4.20. The van der Waals surface area contributed by atoms with Crippen LogP contribution in [0.15, 0.2) is 23.7 Å². The number of fused-ring (bicyclic) bond motifs is 1. The van der Waals surface area contributed by atoms with E-state index in [2.05, 4.69) is 22.3 Å². The zero-order valence-corrected chi connectivity index (χ0v) is 18.5. The maximum absolute atomic E-state index is 12.9. The Morgan fingerprint density at radius 2 is 2.14 bits per heavy atom. The van der Waals surface area contributed by atoms with Crippen LogP contribution < -0.4 is 5.32 Å². The van der Waals surface area contributed by atoms with Crippen LogP contribution in [0.1, 0.15) is 60.2 Å². The fraction of sp³-hybridized carbons (Fsp3) is 0.476. The summed E-state index contributed by atoms with van der Waals surface area (Å²) in [6, 6.07) is 3.81. The van der Waals surface area contributed by atoms with Gasteiger partial charge in [-0.05, 0) is 44.7 Å². The monoisotopic (exact) mass is 415 g/mol. The number of nitrogens with zero attached hydrogens (tertiary/aromatic N) is 3. The molecule has 0 unspecified atom stereocenters. The summed E-state index contributed by atoms with van der Waals surface area (Å²) in [6.07, 6.45) is 3.93. The van der Waals surface area contributed by atoms with E-state index in [1.807, 2.05) is 49.2 Å². The highest BCUT2D eigenvalue weighted by Gasteiger charge is 2.27. The molecule has 0 atom stereocenters. The van der Waals surface area contributed by atoms with Gasteiger partial charge in [0.05, 0.1) is 27.0 Å². The molecule has 0 fully saturated rings. The number of aryl methyl sites for hydroxylation is 2. The van der Waals surface area contributed by atoms with Gasteiger partial charge in [-0.25, -0.2) is 0 Å². The number of unbranched alkanes of at least 4 members (excludes halogenated alkanes) is 1. The quantitative estimate of drug-likeness (QED) is 0.587. The molecule has 0 aliphatic carbocycles. The first-order valence-corrected chi connectivity index (χ1v) is 10.8. The average molecular weight is 416 g/mol. The summed E-state index contributed by atoms with van der Waals surface area (Å²) in [6.45, 7) is 9.00. The molecular formula is C21H29N5O2S. The zero-order chi connectivity index (χ0) is 21.2. The van der Waals surface area contributed by atoms with Crippen molar-refractivity contribution in [1.29, 1.82) is 0 Å². The van der Waals surface area contributed by atoms with Gasteiger partial charge in [0.1, 0.15) is 5.69 Å². The molecule has 0 aromatic carbocycles. The van der Waals surface area contributed by atoms with Crippen LogP contribution in [-0.2, 0) is 6.54 Å². The zero-order valence-electron chi connectivity index (χ0n) is 17.7. The summed E-state index contributed by atoms with van der Waals surface area (Å²) >= 11 is 1.59. The molecule has 0 saturated heterocycles. The van der Waals surface area contributed by atoms with Crippen LogP contribution in [0.25, 0.3) is 10.2 Å². The smallest absolute Gasteiger partial charge is 0.268 e. The number of carbonyl (C=O) groups excluding carboxylic acids is 2. The molecule has 2 N–H and O–H groups in total. The predicted octanol–water partition coefficient (Wildman–Crippen LogP) is 3.82. The molecule has 3 aromatic heterocycles. The van der Waals surface area contributed by atoms with Crippen molar-refractivity contribution in [2.75, 3.05) is 13.6 Å². The Morgan fingerprint density at radius 3 is 2.83 bits per heavy atom. The summed E-state index contributed by atoms with van der Waals surface area (Å²) < 4.78 is 2.89. The Labute approximate surface area is 175 Å². The van der Waals surface area contributed by atoms with Crippen LogP contribution in [0, 0.1) is 6.92 Å². The minimum atomic E-state index is -0.591.